The number of imidazole rings is 2. The Morgan fingerprint density at radius 1 is 0.603 bits per heavy atom. The van der Waals surface area contributed by atoms with Crippen LogP contribution in [0.4, 0.5) is 23.3 Å². The maximum absolute atomic E-state index is 13.5. The predicted molar refractivity (Wildman–Crippen MR) is 249 cm³/mol. The highest BCUT2D eigenvalue weighted by Gasteiger charge is 2.58. The molecule has 8 saturated carbocycles. The van der Waals surface area contributed by atoms with E-state index in [4.69, 9.17) is 9.97 Å². The predicted octanol–water partition coefficient (Wildman–Crippen LogP) is 6.23. The standard InChI is InChI=1S/2C24H25N9O/c2*1-13-3-19-27-12-28-32(19)10-17(13)29-22-26-9-18-21(30-22)33(23(34)31(18)2)20-15-4-14-5-16(20)8-24(6-14,7-15)11-25/h2*3,9-10,12,14-16,20H,4-8H2,1-2H3,(H,26,29,30). The summed E-state index contributed by atoms with van der Waals surface area (Å²) in [4.78, 5) is 54.0. The van der Waals surface area contributed by atoms with Crippen LogP contribution in [0.1, 0.15) is 87.4 Å². The molecule has 8 bridgehead atoms. The van der Waals surface area contributed by atoms with Crippen LogP contribution in [0.25, 0.3) is 33.6 Å². The fourth-order valence-electron chi connectivity index (χ4n) is 14.5. The van der Waals surface area contributed by atoms with Crippen LogP contribution >= 0.6 is 0 Å². The average molecular weight is 911 g/mol. The molecule has 0 aromatic carbocycles. The molecule has 8 aromatic heterocycles. The van der Waals surface area contributed by atoms with E-state index in [0.29, 0.717) is 58.7 Å². The van der Waals surface area contributed by atoms with Crippen molar-refractivity contribution in [3.8, 4) is 12.1 Å². The number of aryl methyl sites for hydroxylation is 4. The van der Waals surface area contributed by atoms with Crippen molar-refractivity contribution < 1.29 is 0 Å². The van der Waals surface area contributed by atoms with Crippen LogP contribution in [0, 0.1) is 82.8 Å². The van der Waals surface area contributed by atoms with Gasteiger partial charge in [0.2, 0.25) is 11.9 Å². The summed E-state index contributed by atoms with van der Waals surface area (Å²) < 4.78 is 10.5. The average Bonchev–Trinajstić information content (AvgIpc) is 4.09. The SMILES string of the molecule is Cc1cc2ncnn2cc1Nc1ncc2c(n1)n(C1C3CC4CC1CC(C#N)(C4)C3)c(=O)n2C.Cc1cc2ncnn2cc1Nc1ncc2c(n1)n(C1C3CC4CC1CC(C#N)(C4)C3)c(=O)n2C. The molecule has 0 spiro atoms. The molecule has 8 aromatic rings. The number of pyridine rings is 2. The fourth-order valence-corrected chi connectivity index (χ4v) is 14.5. The number of anilines is 4. The van der Waals surface area contributed by atoms with E-state index in [1.54, 1.807) is 44.7 Å². The molecule has 68 heavy (non-hydrogen) atoms. The molecule has 344 valence electrons. The van der Waals surface area contributed by atoms with E-state index < -0.39 is 0 Å². The van der Waals surface area contributed by atoms with Gasteiger partial charge in [0.25, 0.3) is 0 Å². The maximum atomic E-state index is 13.5. The summed E-state index contributed by atoms with van der Waals surface area (Å²) in [7, 11) is 3.57. The van der Waals surface area contributed by atoms with E-state index in [0.717, 1.165) is 109 Å². The third kappa shape index (κ3) is 6.08. The van der Waals surface area contributed by atoms with E-state index >= 15 is 0 Å². The van der Waals surface area contributed by atoms with Crippen LogP contribution in [0.2, 0.25) is 0 Å². The van der Waals surface area contributed by atoms with E-state index in [9.17, 15) is 20.1 Å². The van der Waals surface area contributed by atoms with Crippen molar-refractivity contribution in [1.82, 2.24) is 67.4 Å². The summed E-state index contributed by atoms with van der Waals surface area (Å²) in [5, 5.41) is 34.8. The molecule has 0 radical (unpaired) electrons. The van der Waals surface area contributed by atoms with E-state index in [1.165, 1.54) is 12.7 Å². The van der Waals surface area contributed by atoms with Gasteiger partial charge in [0.05, 0.1) is 59.1 Å². The number of hydrogen-bond donors (Lipinski definition) is 2. The highest BCUT2D eigenvalue weighted by molar-refractivity contribution is 5.75. The van der Waals surface area contributed by atoms with Crippen molar-refractivity contribution in [2.75, 3.05) is 10.6 Å². The van der Waals surface area contributed by atoms with Gasteiger partial charge < -0.3 is 10.6 Å². The molecule has 8 fully saturated rings. The number of nitrogens with zero attached hydrogens (tertiary/aromatic N) is 16. The van der Waals surface area contributed by atoms with Crippen LogP contribution in [-0.4, -0.2) is 67.4 Å². The van der Waals surface area contributed by atoms with Gasteiger partial charge in [-0.2, -0.15) is 30.7 Å². The lowest BCUT2D eigenvalue weighted by Gasteiger charge is -2.57. The Kier molecular flexibility index (Phi) is 8.70. The zero-order chi connectivity index (χ0) is 46.4. The second kappa shape index (κ2) is 14.5. The Hall–Kier alpha value is -7.48. The van der Waals surface area contributed by atoms with E-state index in [2.05, 4.69) is 52.9 Å². The number of fused-ring (bicyclic) bond motifs is 4. The topological polar surface area (TPSA) is 237 Å². The third-order valence-corrected chi connectivity index (χ3v) is 16.9. The minimum absolute atomic E-state index is 0.0508. The molecule has 0 saturated heterocycles. The first-order valence-electron chi connectivity index (χ1n) is 23.7. The number of aromatic nitrogens is 14. The first kappa shape index (κ1) is 40.8. The van der Waals surface area contributed by atoms with Gasteiger partial charge in [0, 0.05) is 26.2 Å². The van der Waals surface area contributed by atoms with Crippen molar-refractivity contribution in [2.45, 2.75) is 90.1 Å². The second-order valence-electron chi connectivity index (χ2n) is 21.0. The summed E-state index contributed by atoms with van der Waals surface area (Å²) in [5.74, 6) is 3.48. The Bertz CT molecular complexity index is 3350. The molecule has 20 nitrogen and oxygen atoms in total. The van der Waals surface area contributed by atoms with Crippen LogP contribution in [0.3, 0.4) is 0 Å². The minimum Gasteiger partial charge on any atom is -0.323 e. The first-order valence-corrected chi connectivity index (χ1v) is 23.7. The number of nitrogens with one attached hydrogen (secondary N) is 2. The van der Waals surface area contributed by atoms with Gasteiger partial charge >= 0.3 is 11.4 Å². The molecule has 8 heterocycles. The molecule has 20 heteroatoms. The second-order valence-corrected chi connectivity index (χ2v) is 21.0. The molecule has 0 aliphatic heterocycles. The lowest BCUT2D eigenvalue weighted by molar-refractivity contribution is -0.0613. The molecule has 0 amide bonds. The Morgan fingerprint density at radius 3 is 1.38 bits per heavy atom. The van der Waals surface area contributed by atoms with Crippen molar-refractivity contribution in [1.29, 1.82) is 10.5 Å². The van der Waals surface area contributed by atoms with Crippen LogP contribution in [0.15, 0.2) is 59.2 Å². The zero-order valence-electron chi connectivity index (χ0n) is 38.3. The third-order valence-electron chi connectivity index (χ3n) is 16.9. The van der Waals surface area contributed by atoms with Crippen molar-refractivity contribution >= 4 is 56.9 Å². The zero-order valence-corrected chi connectivity index (χ0v) is 38.3. The number of nitriles is 2. The maximum Gasteiger partial charge on any atom is 0.330 e. The van der Waals surface area contributed by atoms with Gasteiger partial charge in [-0.3, -0.25) is 18.3 Å². The fraction of sp³-hybridized carbons (Fsp3) is 0.500. The van der Waals surface area contributed by atoms with Gasteiger partial charge in [-0.1, -0.05) is 0 Å². The minimum atomic E-state index is -0.194. The molecule has 8 aliphatic carbocycles. The molecular weight excluding hydrogens is 861 g/mol. The molecule has 16 rings (SSSR count). The summed E-state index contributed by atoms with van der Waals surface area (Å²) in [5.41, 5.74) is 7.47. The van der Waals surface area contributed by atoms with Crippen LogP contribution < -0.4 is 22.0 Å². The van der Waals surface area contributed by atoms with Gasteiger partial charge in [-0.05, 0) is 137 Å². The lowest BCUT2D eigenvalue weighted by Crippen LogP contribution is -2.52. The van der Waals surface area contributed by atoms with Crippen molar-refractivity contribution in [2.24, 2.45) is 60.4 Å². The Labute approximate surface area is 388 Å². The monoisotopic (exact) mass is 910 g/mol. The lowest BCUT2D eigenvalue weighted by atomic mass is 9.48. The van der Waals surface area contributed by atoms with Gasteiger partial charge in [-0.15, -0.1) is 0 Å². The Balaban J connectivity index is 0.000000134. The first-order chi connectivity index (χ1) is 32.9. The number of rotatable bonds is 6. The summed E-state index contributed by atoms with van der Waals surface area (Å²) >= 11 is 0. The van der Waals surface area contributed by atoms with Gasteiger partial charge in [0.1, 0.15) is 23.7 Å². The van der Waals surface area contributed by atoms with E-state index in [-0.39, 0.29) is 34.3 Å². The molecule has 8 aliphatic rings. The van der Waals surface area contributed by atoms with Crippen molar-refractivity contribution in [3.63, 3.8) is 0 Å². The van der Waals surface area contributed by atoms with Crippen LogP contribution in [0.5, 0.6) is 0 Å². The molecule has 4 unspecified atom stereocenters. The molecule has 4 atom stereocenters. The summed E-state index contributed by atoms with van der Waals surface area (Å²) in [6, 6.07) is 9.38. The van der Waals surface area contributed by atoms with Gasteiger partial charge in [0.15, 0.2) is 22.6 Å². The summed E-state index contributed by atoms with van der Waals surface area (Å²) in [6.45, 7) is 3.99. The van der Waals surface area contributed by atoms with Gasteiger partial charge in [-0.25, -0.2) is 38.6 Å². The summed E-state index contributed by atoms with van der Waals surface area (Å²) in [6.07, 6.45) is 20.2. The molecular formula is C48H50N18O2. The quantitative estimate of drug-likeness (QED) is 0.188. The van der Waals surface area contributed by atoms with Crippen LogP contribution in [-0.2, 0) is 14.1 Å². The Morgan fingerprint density at radius 2 is 1.00 bits per heavy atom. The highest BCUT2D eigenvalue weighted by atomic mass is 16.2. The van der Waals surface area contributed by atoms with E-state index in [1.807, 2.05) is 47.5 Å². The normalized spacial score (nSPS) is 29.7. The largest absolute Gasteiger partial charge is 0.330 e. The smallest absolute Gasteiger partial charge is 0.323 e. The number of hydrogen-bond acceptors (Lipinski definition) is 14. The highest BCUT2D eigenvalue weighted by Crippen LogP contribution is 2.64. The molecule has 2 N–H and O–H groups in total. The van der Waals surface area contributed by atoms with Crippen molar-refractivity contribution in [3.05, 3.63) is 81.7 Å².